The van der Waals surface area contributed by atoms with Crippen molar-refractivity contribution < 1.29 is 18.0 Å². The highest BCUT2D eigenvalue weighted by molar-refractivity contribution is 7.89. The summed E-state index contributed by atoms with van der Waals surface area (Å²) < 4.78 is 28.4. The third-order valence-electron chi connectivity index (χ3n) is 6.46. The summed E-state index contributed by atoms with van der Waals surface area (Å²) in [7, 11) is -3.93. The van der Waals surface area contributed by atoms with Gasteiger partial charge in [-0.05, 0) is 46.6 Å². The van der Waals surface area contributed by atoms with Gasteiger partial charge in [-0.3, -0.25) is 9.59 Å². The Bertz CT molecular complexity index is 1170. The van der Waals surface area contributed by atoms with E-state index >= 15 is 0 Å². The maximum atomic E-state index is 13.6. The highest BCUT2D eigenvalue weighted by Crippen LogP contribution is 2.25. The Labute approximate surface area is 215 Å². The van der Waals surface area contributed by atoms with Crippen molar-refractivity contribution in [2.45, 2.75) is 71.4 Å². The van der Waals surface area contributed by atoms with Crippen LogP contribution < -0.4 is 5.32 Å². The van der Waals surface area contributed by atoms with Crippen molar-refractivity contribution in [3.05, 3.63) is 65.2 Å². The number of sulfonamides is 1. The summed E-state index contributed by atoms with van der Waals surface area (Å²) in [6, 6.07) is 13.9. The molecule has 3 rings (SSSR count). The van der Waals surface area contributed by atoms with E-state index < -0.39 is 22.0 Å². The fraction of sp³-hybridized carbons (Fsp3) is 0.500. The van der Waals surface area contributed by atoms with Gasteiger partial charge in [-0.1, -0.05) is 71.0 Å². The van der Waals surface area contributed by atoms with Crippen LogP contribution in [-0.4, -0.2) is 55.1 Å². The summed E-state index contributed by atoms with van der Waals surface area (Å²) in [6.45, 7) is 12.7. The second-order valence-corrected chi connectivity index (χ2v) is 13.0. The maximum absolute atomic E-state index is 13.6. The Morgan fingerprint density at radius 1 is 0.972 bits per heavy atom. The Morgan fingerprint density at radius 3 is 2.08 bits per heavy atom. The van der Waals surface area contributed by atoms with Crippen LogP contribution in [0.15, 0.2) is 53.4 Å². The monoisotopic (exact) mass is 513 g/mol. The number of hydrogen-bond donors (Lipinski definition) is 1. The van der Waals surface area contributed by atoms with E-state index in [1.54, 1.807) is 12.1 Å². The Balaban J connectivity index is 1.80. The summed E-state index contributed by atoms with van der Waals surface area (Å²) in [5, 5.41) is 2.88. The van der Waals surface area contributed by atoms with Crippen molar-refractivity contribution in [2.24, 2.45) is 5.41 Å². The molecular formula is C28H39N3O4S. The highest BCUT2D eigenvalue weighted by Gasteiger charge is 2.40. The molecule has 0 aromatic heterocycles. The van der Waals surface area contributed by atoms with Gasteiger partial charge in [0.1, 0.15) is 6.04 Å². The van der Waals surface area contributed by atoms with Crippen LogP contribution in [0.5, 0.6) is 0 Å². The molecule has 2 amide bonds. The molecule has 2 aromatic carbocycles. The molecule has 0 spiro atoms. The van der Waals surface area contributed by atoms with E-state index in [2.05, 4.69) is 39.9 Å². The maximum Gasteiger partial charge on any atom is 0.243 e. The largest absolute Gasteiger partial charge is 0.351 e. The fourth-order valence-corrected chi connectivity index (χ4v) is 5.98. The number of carbonyl (C=O) groups is 2. The normalized spacial score (nSPS) is 17.3. The molecule has 0 unspecified atom stereocenters. The van der Waals surface area contributed by atoms with Gasteiger partial charge in [0, 0.05) is 33.1 Å². The lowest BCUT2D eigenvalue weighted by atomic mass is 9.88. The first kappa shape index (κ1) is 27.9. The summed E-state index contributed by atoms with van der Waals surface area (Å²) in [5.41, 5.74) is 3.28. The van der Waals surface area contributed by atoms with Crippen LogP contribution in [0.3, 0.4) is 0 Å². The van der Waals surface area contributed by atoms with Crippen LogP contribution in [0, 0.1) is 5.41 Å². The van der Waals surface area contributed by atoms with Gasteiger partial charge in [0.25, 0.3) is 0 Å². The smallest absolute Gasteiger partial charge is 0.243 e. The summed E-state index contributed by atoms with van der Waals surface area (Å²) >= 11 is 0. The van der Waals surface area contributed by atoms with Gasteiger partial charge in [-0.15, -0.1) is 0 Å². The van der Waals surface area contributed by atoms with E-state index in [1.807, 2.05) is 36.4 Å². The molecule has 0 bridgehead atoms. The van der Waals surface area contributed by atoms with Gasteiger partial charge in [-0.25, -0.2) is 8.42 Å². The molecule has 0 saturated carbocycles. The van der Waals surface area contributed by atoms with Crippen molar-refractivity contribution in [1.82, 2.24) is 14.5 Å². The van der Waals surface area contributed by atoms with E-state index in [0.29, 0.717) is 5.92 Å². The number of amides is 2. The zero-order valence-corrected chi connectivity index (χ0v) is 23.1. The number of carbonyl (C=O) groups excluding carboxylic acids is 2. The number of benzene rings is 2. The van der Waals surface area contributed by atoms with Gasteiger partial charge >= 0.3 is 0 Å². The van der Waals surface area contributed by atoms with Crippen molar-refractivity contribution in [1.29, 1.82) is 0 Å². The molecular weight excluding hydrogens is 474 g/mol. The fourth-order valence-electron chi connectivity index (χ4n) is 4.41. The van der Waals surface area contributed by atoms with E-state index in [0.717, 1.165) is 17.5 Å². The van der Waals surface area contributed by atoms with Crippen LogP contribution in [0.1, 0.15) is 64.2 Å². The van der Waals surface area contributed by atoms with Crippen LogP contribution >= 0.6 is 0 Å². The SMILES string of the molecule is CC(=O)N1CCN(S(=O)(=O)c2ccc(CC(C)(C)C)cc2)[C@@H](C(=O)NCc2ccc(C(C)C)cc2)C1. The van der Waals surface area contributed by atoms with Crippen molar-refractivity contribution in [2.75, 3.05) is 19.6 Å². The van der Waals surface area contributed by atoms with Crippen molar-refractivity contribution in [3.8, 4) is 0 Å². The van der Waals surface area contributed by atoms with Gasteiger partial charge in [0.2, 0.25) is 21.8 Å². The van der Waals surface area contributed by atoms with E-state index in [9.17, 15) is 18.0 Å². The van der Waals surface area contributed by atoms with Crippen molar-refractivity contribution in [3.63, 3.8) is 0 Å². The number of nitrogens with one attached hydrogen (secondary N) is 1. The number of hydrogen-bond acceptors (Lipinski definition) is 4. The molecule has 36 heavy (non-hydrogen) atoms. The lowest BCUT2D eigenvalue weighted by molar-refractivity contribution is -0.134. The average molecular weight is 514 g/mol. The number of piperazine rings is 1. The number of rotatable bonds is 7. The lowest BCUT2D eigenvalue weighted by Gasteiger charge is -2.39. The molecule has 7 nitrogen and oxygen atoms in total. The molecule has 2 aromatic rings. The molecule has 1 heterocycles. The molecule has 8 heteroatoms. The summed E-state index contributed by atoms with van der Waals surface area (Å²) in [5.74, 6) is -0.183. The van der Waals surface area contributed by atoms with Gasteiger partial charge in [0.15, 0.2) is 0 Å². The first-order chi connectivity index (χ1) is 16.8. The van der Waals surface area contributed by atoms with E-state index in [-0.39, 0.29) is 42.4 Å². The molecule has 1 N–H and O–H groups in total. The molecule has 1 saturated heterocycles. The van der Waals surface area contributed by atoms with Crippen LogP contribution in [0.2, 0.25) is 0 Å². The minimum atomic E-state index is -3.93. The van der Waals surface area contributed by atoms with Crippen LogP contribution in [-0.2, 0) is 32.6 Å². The molecule has 1 aliphatic rings. The van der Waals surface area contributed by atoms with Gasteiger partial charge in [-0.2, -0.15) is 4.31 Å². The zero-order valence-electron chi connectivity index (χ0n) is 22.2. The second-order valence-electron chi connectivity index (χ2n) is 11.1. The van der Waals surface area contributed by atoms with Crippen molar-refractivity contribution >= 4 is 21.8 Å². The third-order valence-corrected chi connectivity index (χ3v) is 8.38. The molecule has 0 aliphatic carbocycles. The molecule has 1 atom stereocenters. The molecule has 1 aliphatic heterocycles. The summed E-state index contributed by atoms with van der Waals surface area (Å²) in [6.07, 6.45) is 0.827. The lowest BCUT2D eigenvalue weighted by Crippen LogP contribution is -2.61. The quantitative estimate of drug-likeness (QED) is 0.608. The first-order valence-electron chi connectivity index (χ1n) is 12.5. The van der Waals surface area contributed by atoms with Gasteiger partial charge < -0.3 is 10.2 Å². The predicted molar refractivity (Wildman–Crippen MR) is 142 cm³/mol. The minimum absolute atomic E-state index is 0.0226. The number of nitrogens with zero attached hydrogens (tertiary/aromatic N) is 2. The molecule has 0 radical (unpaired) electrons. The second kappa shape index (κ2) is 11.1. The van der Waals surface area contributed by atoms with Gasteiger partial charge in [0.05, 0.1) is 4.90 Å². The predicted octanol–water partition coefficient (Wildman–Crippen LogP) is 3.94. The third kappa shape index (κ3) is 6.95. The average Bonchev–Trinajstić information content (AvgIpc) is 2.81. The Kier molecular flexibility index (Phi) is 8.62. The topological polar surface area (TPSA) is 86.8 Å². The van der Waals surface area contributed by atoms with E-state index in [4.69, 9.17) is 0 Å². The van der Waals surface area contributed by atoms with Crippen LogP contribution in [0.25, 0.3) is 0 Å². The molecule has 1 fully saturated rings. The summed E-state index contributed by atoms with van der Waals surface area (Å²) in [4.78, 5) is 27.0. The standard InChI is InChI=1S/C28H39N3O4S/c1-20(2)24-11-7-23(8-12-24)18-29-27(33)26-19-30(21(3)32)15-16-31(26)36(34,35)25-13-9-22(10-14-25)17-28(4,5)6/h7-14,20,26H,15-19H2,1-6H3,(H,29,33)/t26-/m1/s1. The van der Waals surface area contributed by atoms with E-state index in [1.165, 1.54) is 21.7 Å². The molecule has 196 valence electrons. The Morgan fingerprint density at radius 2 is 1.56 bits per heavy atom. The zero-order chi connectivity index (χ0) is 26.7. The first-order valence-corrected chi connectivity index (χ1v) is 13.9. The minimum Gasteiger partial charge on any atom is -0.351 e. The highest BCUT2D eigenvalue weighted by atomic mass is 32.2. The Hall–Kier alpha value is -2.71. The van der Waals surface area contributed by atoms with Crippen LogP contribution in [0.4, 0.5) is 0 Å².